The number of aromatic hydroxyl groups is 1. The normalized spacial score (nSPS) is 11.7. The molecular weight excluding hydrogens is 296 g/mol. The van der Waals surface area contributed by atoms with Gasteiger partial charge >= 0.3 is 6.18 Å². The molecule has 0 unspecified atom stereocenters. The van der Waals surface area contributed by atoms with Crippen molar-refractivity contribution >= 4 is 22.6 Å². The van der Waals surface area contributed by atoms with Crippen molar-refractivity contribution in [3.63, 3.8) is 0 Å². The third-order valence-corrected chi connectivity index (χ3v) is 2.40. The van der Waals surface area contributed by atoms with Gasteiger partial charge in [0, 0.05) is 4.43 Å². The molecule has 0 aliphatic heterocycles. The average molecular weight is 302 g/mol. The van der Waals surface area contributed by atoms with Gasteiger partial charge in [0.15, 0.2) is 0 Å². The minimum absolute atomic E-state index is 0.573. The highest BCUT2D eigenvalue weighted by Crippen LogP contribution is 2.36. The predicted octanol–water partition coefficient (Wildman–Crippen LogP) is 3.35. The van der Waals surface area contributed by atoms with Gasteiger partial charge in [0.1, 0.15) is 5.75 Å². The smallest absolute Gasteiger partial charge is 0.419 e. The molecule has 13 heavy (non-hydrogen) atoms. The summed E-state index contributed by atoms with van der Waals surface area (Å²) in [6, 6.07) is 3.38. The Morgan fingerprint density at radius 3 is 2.31 bits per heavy atom. The summed E-state index contributed by atoms with van der Waals surface area (Å²) < 4.78 is 36.9. The highest BCUT2D eigenvalue weighted by atomic mass is 127. The van der Waals surface area contributed by atoms with E-state index in [4.69, 9.17) is 5.11 Å². The molecule has 1 N–H and O–H groups in total. The highest BCUT2D eigenvalue weighted by Gasteiger charge is 2.33. The van der Waals surface area contributed by atoms with Crippen LogP contribution in [0.2, 0.25) is 0 Å². The monoisotopic (exact) mass is 302 g/mol. The van der Waals surface area contributed by atoms with Crippen LogP contribution in [0.25, 0.3) is 0 Å². The molecule has 0 amide bonds. The lowest BCUT2D eigenvalue weighted by Crippen LogP contribution is -2.05. The number of hydrogen-bond acceptors (Lipinski definition) is 1. The molecule has 0 fully saturated rings. The van der Waals surface area contributed by atoms with Crippen molar-refractivity contribution in [3.05, 3.63) is 29.3 Å². The Hall–Kier alpha value is -0.460. The van der Waals surface area contributed by atoms with Crippen molar-refractivity contribution in [1.82, 2.24) is 0 Å². The lowest BCUT2D eigenvalue weighted by atomic mass is 10.1. The standard InChI is InChI=1S/C8H6F3IO/c9-8(10,11)6-2-1-5(4-12)3-7(6)13/h1-3,13H,4H2. The van der Waals surface area contributed by atoms with Crippen molar-refractivity contribution in [3.8, 4) is 5.75 Å². The zero-order chi connectivity index (χ0) is 10.1. The number of rotatable bonds is 1. The van der Waals surface area contributed by atoms with E-state index < -0.39 is 17.5 Å². The molecule has 0 spiro atoms. The van der Waals surface area contributed by atoms with E-state index in [0.717, 1.165) is 12.1 Å². The summed E-state index contributed by atoms with van der Waals surface area (Å²) in [4.78, 5) is 0. The molecule has 0 bridgehead atoms. The second-order valence-corrected chi connectivity index (χ2v) is 3.25. The molecule has 0 atom stereocenters. The summed E-state index contributed by atoms with van der Waals surface area (Å²) in [7, 11) is 0. The Kier molecular flexibility index (Phi) is 3.05. The summed E-state index contributed by atoms with van der Waals surface area (Å²) in [5.41, 5.74) is -0.313. The molecule has 0 aliphatic carbocycles. The zero-order valence-electron chi connectivity index (χ0n) is 6.40. The predicted molar refractivity (Wildman–Crippen MR) is 50.8 cm³/mol. The van der Waals surface area contributed by atoms with Crippen LogP contribution >= 0.6 is 22.6 Å². The number of phenols is 1. The molecule has 0 heterocycles. The third kappa shape index (κ3) is 2.49. The molecule has 5 heteroatoms. The molecule has 0 saturated carbocycles. The summed E-state index contributed by atoms with van der Waals surface area (Å²) in [5.74, 6) is -0.707. The molecule has 0 aliphatic rings. The Balaban J connectivity index is 3.13. The lowest BCUT2D eigenvalue weighted by molar-refractivity contribution is -0.138. The Morgan fingerprint density at radius 2 is 1.92 bits per heavy atom. The van der Waals surface area contributed by atoms with Gasteiger partial charge in [0.05, 0.1) is 5.56 Å². The maximum atomic E-state index is 12.1. The van der Waals surface area contributed by atoms with Crippen molar-refractivity contribution < 1.29 is 18.3 Å². The summed E-state index contributed by atoms with van der Waals surface area (Å²) in [6.07, 6.45) is -4.48. The van der Waals surface area contributed by atoms with E-state index in [1.165, 1.54) is 6.07 Å². The molecule has 1 nitrogen and oxygen atoms in total. The van der Waals surface area contributed by atoms with Gasteiger partial charge in [-0.15, -0.1) is 0 Å². The zero-order valence-corrected chi connectivity index (χ0v) is 8.56. The van der Waals surface area contributed by atoms with E-state index in [2.05, 4.69) is 0 Å². The second-order valence-electron chi connectivity index (χ2n) is 2.48. The fourth-order valence-corrected chi connectivity index (χ4v) is 1.37. The van der Waals surface area contributed by atoms with Crippen molar-refractivity contribution in [2.24, 2.45) is 0 Å². The van der Waals surface area contributed by atoms with Crippen LogP contribution in [-0.2, 0) is 10.6 Å². The Morgan fingerprint density at radius 1 is 1.31 bits per heavy atom. The first kappa shape index (κ1) is 10.6. The van der Waals surface area contributed by atoms with E-state index in [1.807, 2.05) is 22.6 Å². The quantitative estimate of drug-likeness (QED) is 0.623. The van der Waals surface area contributed by atoms with Gasteiger partial charge in [-0.25, -0.2) is 0 Å². The van der Waals surface area contributed by atoms with Gasteiger partial charge < -0.3 is 5.11 Å². The fourth-order valence-electron chi connectivity index (χ4n) is 0.900. The Bertz CT molecular complexity index is 309. The largest absolute Gasteiger partial charge is 0.507 e. The first-order valence-electron chi connectivity index (χ1n) is 3.40. The van der Waals surface area contributed by atoms with Gasteiger partial charge in [-0.1, -0.05) is 28.7 Å². The van der Waals surface area contributed by atoms with Gasteiger partial charge in [-0.05, 0) is 17.7 Å². The molecule has 1 aromatic rings. The van der Waals surface area contributed by atoms with Crippen LogP contribution in [0.1, 0.15) is 11.1 Å². The number of halogens is 4. The molecule has 0 aromatic heterocycles. The van der Waals surface area contributed by atoms with Crippen LogP contribution in [0.5, 0.6) is 5.75 Å². The number of benzene rings is 1. The third-order valence-electron chi connectivity index (χ3n) is 1.52. The summed E-state index contributed by atoms with van der Waals surface area (Å²) >= 11 is 2.01. The number of phenolic OH excluding ortho intramolecular Hbond substituents is 1. The average Bonchev–Trinajstić information content (AvgIpc) is 2.01. The molecular formula is C8H6F3IO. The van der Waals surface area contributed by atoms with E-state index in [9.17, 15) is 13.2 Å². The Labute approximate surface area is 86.7 Å². The van der Waals surface area contributed by atoms with Crippen molar-refractivity contribution in [2.45, 2.75) is 10.6 Å². The van der Waals surface area contributed by atoms with Crippen LogP contribution in [0, 0.1) is 0 Å². The number of hydrogen-bond donors (Lipinski definition) is 1. The summed E-state index contributed by atoms with van der Waals surface area (Å²) in [5, 5.41) is 9.03. The van der Waals surface area contributed by atoms with E-state index in [-0.39, 0.29) is 0 Å². The minimum atomic E-state index is -4.48. The minimum Gasteiger partial charge on any atom is -0.507 e. The molecule has 0 radical (unpaired) electrons. The van der Waals surface area contributed by atoms with Crippen LogP contribution in [-0.4, -0.2) is 5.11 Å². The van der Waals surface area contributed by atoms with Gasteiger partial charge in [-0.2, -0.15) is 13.2 Å². The molecule has 0 saturated heterocycles. The molecule has 1 aromatic carbocycles. The summed E-state index contributed by atoms with van der Waals surface area (Å²) in [6.45, 7) is 0. The maximum absolute atomic E-state index is 12.1. The van der Waals surface area contributed by atoms with Crippen molar-refractivity contribution in [2.75, 3.05) is 0 Å². The number of alkyl halides is 4. The molecule has 72 valence electrons. The van der Waals surface area contributed by atoms with Gasteiger partial charge in [0.2, 0.25) is 0 Å². The fraction of sp³-hybridized carbons (Fsp3) is 0.250. The highest BCUT2D eigenvalue weighted by molar-refractivity contribution is 14.1. The second kappa shape index (κ2) is 3.73. The van der Waals surface area contributed by atoms with Crippen molar-refractivity contribution in [1.29, 1.82) is 0 Å². The molecule has 1 rings (SSSR count). The maximum Gasteiger partial charge on any atom is 0.419 e. The van der Waals surface area contributed by atoms with Crippen LogP contribution in [0.4, 0.5) is 13.2 Å². The first-order chi connectivity index (χ1) is 5.95. The van der Waals surface area contributed by atoms with E-state index in [0.29, 0.717) is 9.99 Å². The lowest BCUT2D eigenvalue weighted by Gasteiger charge is -2.09. The topological polar surface area (TPSA) is 20.2 Å². The van der Waals surface area contributed by atoms with E-state index >= 15 is 0 Å². The SMILES string of the molecule is Oc1cc(CI)ccc1C(F)(F)F. The van der Waals surface area contributed by atoms with E-state index in [1.54, 1.807) is 0 Å². The van der Waals surface area contributed by atoms with Crippen LogP contribution in [0.15, 0.2) is 18.2 Å². The van der Waals surface area contributed by atoms with Gasteiger partial charge in [0.25, 0.3) is 0 Å². The van der Waals surface area contributed by atoms with Crippen LogP contribution < -0.4 is 0 Å². The van der Waals surface area contributed by atoms with Crippen LogP contribution in [0.3, 0.4) is 0 Å². The van der Waals surface area contributed by atoms with Gasteiger partial charge in [-0.3, -0.25) is 0 Å². The first-order valence-corrected chi connectivity index (χ1v) is 4.92.